The lowest BCUT2D eigenvalue weighted by Gasteiger charge is -1.99. The van der Waals surface area contributed by atoms with Crippen molar-refractivity contribution in [3.63, 3.8) is 0 Å². The Morgan fingerprint density at radius 2 is 2.04 bits per heavy atom. The van der Waals surface area contributed by atoms with Crippen molar-refractivity contribution in [2.75, 3.05) is 7.11 Å². The predicted molar refractivity (Wildman–Crippen MR) is 80.0 cm³/mol. The molecule has 0 spiro atoms. The maximum atomic E-state index is 13.4. The molecule has 1 heterocycles. The molecule has 0 amide bonds. The monoisotopic (exact) mass is 318 g/mol. The summed E-state index contributed by atoms with van der Waals surface area (Å²) in [5, 5.41) is 0. The normalized spacial score (nSPS) is 10.7. The van der Waals surface area contributed by atoms with Gasteiger partial charge < -0.3 is 13.9 Å². The van der Waals surface area contributed by atoms with Crippen LogP contribution in [0.2, 0.25) is 0 Å². The molecule has 0 aliphatic carbocycles. The Labute approximate surface area is 132 Å². The lowest BCUT2D eigenvalue weighted by Crippen LogP contribution is -2.01. The smallest absolute Gasteiger partial charge is 0.341 e. The van der Waals surface area contributed by atoms with Crippen LogP contribution in [0.15, 0.2) is 40.8 Å². The van der Waals surface area contributed by atoms with Crippen molar-refractivity contribution in [3.05, 3.63) is 64.9 Å². The number of ether oxygens (including phenoxy) is 2. The summed E-state index contributed by atoms with van der Waals surface area (Å²) in [6, 6.07) is 7.51. The Morgan fingerprint density at radius 1 is 1.30 bits per heavy atom. The van der Waals surface area contributed by atoms with Crippen molar-refractivity contribution in [2.45, 2.75) is 13.5 Å². The summed E-state index contributed by atoms with van der Waals surface area (Å²) >= 11 is 0. The SMILES string of the molecule is COC(=O)c1cc(COC(=O)/C=C/c2ccccc2F)oc1C. The molecule has 0 unspecified atom stereocenters. The molecule has 0 saturated heterocycles. The quantitative estimate of drug-likeness (QED) is 0.625. The van der Waals surface area contributed by atoms with E-state index in [4.69, 9.17) is 9.15 Å². The van der Waals surface area contributed by atoms with Crippen molar-refractivity contribution in [1.29, 1.82) is 0 Å². The van der Waals surface area contributed by atoms with Crippen molar-refractivity contribution in [1.82, 2.24) is 0 Å². The molecule has 0 aliphatic heterocycles. The van der Waals surface area contributed by atoms with E-state index < -0.39 is 17.8 Å². The first-order valence-electron chi connectivity index (χ1n) is 6.78. The van der Waals surface area contributed by atoms with Gasteiger partial charge in [-0.3, -0.25) is 0 Å². The third-order valence-electron chi connectivity index (χ3n) is 3.03. The molecule has 5 nitrogen and oxygen atoms in total. The first-order valence-corrected chi connectivity index (χ1v) is 6.78. The summed E-state index contributed by atoms with van der Waals surface area (Å²) in [5.41, 5.74) is 0.562. The number of carbonyl (C=O) groups excluding carboxylic acids is 2. The lowest BCUT2D eigenvalue weighted by molar-refractivity contribution is -0.139. The standard InChI is InChI=1S/C17H15FO5/c1-11-14(17(20)21-2)9-13(23-11)10-22-16(19)8-7-12-5-3-4-6-15(12)18/h3-9H,10H2,1-2H3/b8-7+. The van der Waals surface area contributed by atoms with Gasteiger partial charge in [0.25, 0.3) is 0 Å². The molecule has 0 N–H and O–H groups in total. The van der Waals surface area contributed by atoms with E-state index in [1.54, 1.807) is 19.1 Å². The van der Waals surface area contributed by atoms with Crippen LogP contribution < -0.4 is 0 Å². The molecule has 2 aromatic rings. The highest BCUT2D eigenvalue weighted by Gasteiger charge is 2.15. The molecule has 2 rings (SSSR count). The van der Waals surface area contributed by atoms with Gasteiger partial charge >= 0.3 is 11.9 Å². The number of rotatable bonds is 5. The number of carbonyl (C=O) groups is 2. The molecule has 0 aliphatic rings. The molecule has 23 heavy (non-hydrogen) atoms. The van der Waals surface area contributed by atoms with Gasteiger partial charge in [0.05, 0.1) is 7.11 Å². The van der Waals surface area contributed by atoms with Crippen LogP contribution >= 0.6 is 0 Å². The van der Waals surface area contributed by atoms with Gasteiger partial charge in [-0.25, -0.2) is 14.0 Å². The predicted octanol–water partition coefficient (Wildman–Crippen LogP) is 3.27. The number of hydrogen-bond donors (Lipinski definition) is 0. The number of hydrogen-bond acceptors (Lipinski definition) is 5. The van der Waals surface area contributed by atoms with Gasteiger partial charge in [0.2, 0.25) is 0 Å². The van der Waals surface area contributed by atoms with Gasteiger partial charge in [0.1, 0.15) is 29.5 Å². The van der Waals surface area contributed by atoms with E-state index >= 15 is 0 Å². The maximum absolute atomic E-state index is 13.4. The largest absolute Gasteiger partial charge is 0.465 e. The van der Waals surface area contributed by atoms with Crippen LogP contribution in [0.3, 0.4) is 0 Å². The first kappa shape index (κ1) is 16.5. The first-order chi connectivity index (χ1) is 11.0. The summed E-state index contributed by atoms with van der Waals surface area (Å²) in [4.78, 5) is 23.1. The Hall–Kier alpha value is -2.89. The van der Waals surface area contributed by atoms with Crippen molar-refractivity contribution >= 4 is 18.0 Å². The van der Waals surface area contributed by atoms with Crippen molar-refractivity contribution in [3.8, 4) is 0 Å². The van der Waals surface area contributed by atoms with Gasteiger partial charge in [0, 0.05) is 11.6 Å². The van der Waals surface area contributed by atoms with E-state index in [1.165, 1.54) is 31.4 Å². The minimum Gasteiger partial charge on any atom is -0.465 e. The highest BCUT2D eigenvalue weighted by Crippen LogP contribution is 2.16. The van der Waals surface area contributed by atoms with Crippen LogP contribution in [0.4, 0.5) is 4.39 Å². The second-order valence-electron chi connectivity index (χ2n) is 4.64. The van der Waals surface area contributed by atoms with Crippen LogP contribution in [0.1, 0.15) is 27.4 Å². The molecule has 0 fully saturated rings. The van der Waals surface area contributed by atoms with E-state index in [2.05, 4.69) is 4.74 Å². The molecule has 0 bridgehead atoms. The summed E-state index contributed by atoms with van der Waals surface area (Å²) < 4.78 is 28.3. The molecule has 1 aromatic carbocycles. The van der Waals surface area contributed by atoms with E-state index in [1.807, 2.05) is 0 Å². The number of esters is 2. The lowest BCUT2D eigenvalue weighted by atomic mass is 10.2. The third-order valence-corrected chi connectivity index (χ3v) is 3.03. The van der Waals surface area contributed by atoms with Gasteiger partial charge in [-0.2, -0.15) is 0 Å². The Morgan fingerprint density at radius 3 is 2.74 bits per heavy atom. The highest BCUT2D eigenvalue weighted by molar-refractivity contribution is 5.90. The Bertz CT molecular complexity index is 745. The minimum absolute atomic E-state index is 0.141. The summed E-state index contributed by atoms with van der Waals surface area (Å²) in [5.74, 6) is -0.911. The van der Waals surface area contributed by atoms with E-state index in [0.29, 0.717) is 11.5 Å². The molecule has 1 aromatic heterocycles. The number of methoxy groups -OCH3 is 1. The zero-order valence-electron chi connectivity index (χ0n) is 12.7. The third kappa shape index (κ3) is 4.29. The second-order valence-corrected chi connectivity index (χ2v) is 4.64. The fourth-order valence-corrected chi connectivity index (χ4v) is 1.89. The molecule has 0 radical (unpaired) electrons. The summed E-state index contributed by atoms with van der Waals surface area (Å²) in [7, 11) is 1.27. The van der Waals surface area contributed by atoms with E-state index in [0.717, 1.165) is 6.08 Å². The fraction of sp³-hybridized carbons (Fsp3) is 0.176. The van der Waals surface area contributed by atoms with Gasteiger partial charge in [-0.15, -0.1) is 0 Å². The molecule has 120 valence electrons. The van der Waals surface area contributed by atoms with E-state index in [-0.39, 0.29) is 17.7 Å². The van der Waals surface area contributed by atoms with Crippen LogP contribution in [0.5, 0.6) is 0 Å². The average Bonchev–Trinajstić information content (AvgIpc) is 2.92. The van der Waals surface area contributed by atoms with Gasteiger partial charge in [-0.1, -0.05) is 18.2 Å². The second kappa shape index (κ2) is 7.40. The average molecular weight is 318 g/mol. The van der Waals surface area contributed by atoms with Crippen LogP contribution in [-0.2, 0) is 20.9 Å². The molecule has 0 saturated carbocycles. The van der Waals surface area contributed by atoms with Crippen molar-refractivity contribution < 1.29 is 27.9 Å². The summed E-state index contributed by atoms with van der Waals surface area (Å²) in [6.07, 6.45) is 2.44. The number of halogens is 1. The Balaban J connectivity index is 1.95. The van der Waals surface area contributed by atoms with Crippen molar-refractivity contribution in [2.24, 2.45) is 0 Å². The highest BCUT2D eigenvalue weighted by atomic mass is 19.1. The van der Waals surface area contributed by atoms with Crippen LogP contribution in [-0.4, -0.2) is 19.0 Å². The molecular weight excluding hydrogens is 303 g/mol. The summed E-state index contributed by atoms with van der Waals surface area (Å²) in [6.45, 7) is 1.47. The number of benzene rings is 1. The topological polar surface area (TPSA) is 65.7 Å². The molecule has 0 atom stereocenters. The number of furan rings is 1. The van der Waals surface area contributed by atoms with Gasteiger partial charge in [-0.05, 0) is 25.1 Å². The minimum atomic E-state index is -0.651. The van der Waals surface area contributed by atoms with E-state index in [9.17, 15) is 14.0 Å². The molecule has 6 heteroatoms. The van der Waals surface area contributed by atoms with Crippen LogP contribution in [0.25, 0.3) is 6.08 Å². The van der Waals surface area contributed by atoms with Gasteiger partial charge in [0.15, 0.2) is 0 Å². The molecular formula is C17H15FO5. The Kier molecular flexibility index (Phi) is 5.30. The maximum Gasteiger partial charge on any atom is 0.341 e. The fourth-order valence-electron chi connectivity index (χ4n) is 1.89. The number of aryl methyl sites for hydroxylation is 1. The zero-order valence-corrected chi connectivity index (χ0v) is 12.7. The van der Waals surface area contributed by atoms with Crippen LogP contribution in [0, 0.1) is 12.7 Å². The zero-order chi connectivity index (χ0) is 16.8.